The second kappa shape index (κ2) is 5.32. The fourth-order valence-electron chi connectivity index (χ4n) is 2.39. The Morgan fingerprint density at radius 3 is 2.45 bits per heavy atom. The summed E-state index contributed by atoms with van der Waals surface area (Å²) >= 11 is 1.53. The number of aldehydes is 1. The number of rotatable bonds is 3. The van der Waals surface area contributed by atoms with Gasteiger partial charge in [0, 0.05) is 5.56 Å². The fraction of sp³-hybridized carbons (Fsp3) is 0.353. The molecule has 22 heavy (non-hydrogen) atoms. The summed E-state index contributed by atoms with van der Waals surface area (Å²) in [5.74, 6) is 0. The third-order valence-corrected chi connectivity index (χ3v) is 4.77. The largest absolute Gasteiger partial charge is 0.296 e. The minimum absolute atomic E-state index is 0.109. The van der Waals surface area contributed by atoms with E-state index in [1.54, 1.807) is 4.52 Å². The first-order valence-electron chi connectivity index (χ1n) is 7.38. The van der Waals surface area contributed by atoms with E-state index in [4.69, 9.17) is 0 Å². The summed E-state index contributed by atoms with van der Waals surface area (Å²) in [6.07, 6.45) is 1.69. The van der Waals surface area contributed by atoms with Crippen molar-refractivity contribution in [2.24, 2.45) is 0 Å². The van der Waals surface area contributed by atoms with E-state index in [-0.39, 0.29) is 5.41 Å². The number of fused-ring (bicyclic) bond motifs is 1. The second-order valence-electron chi connectivity index (χ2n) is 6.33. The molecule has 114 valence electrons. The molecule has 0 aliphatic heterocycles. The molecule has 0 aliphatic rings. The van der Waals surface area contributed by atoms with Gasteiger partial charge in [0.05, 0.1) is 0 Å². The van der Waals surface area contributed by atoms with Crippen molar-refractivity contribution in [2.45, 2.75) is 39.5 Å². The zero-order chi connectivity index (χ0) is 15.9. The van der Waals surface area contributed by atoms with Crippen molar-refractivity contribution < 1.29 is 4.79 Å². The molecule has 1 aromatic carbocycles. The molecule has 0 radical (unpaired) electrons. The highest BCUT2D eigenvalue weighted by molar-refractivity contribution is 7.16. The van der Waals surface area contributed by atoms with Gasteiger partial charge < -0.3 is 0 Å². The number of carbonyl (C=O) groups excluding carboxylic acids is 1. The summed E-state index contributed by atoms with van der Waals surface area (Å²) in [7, 11) is 0. The average Bonchev–Trinajstić information content (AvgIpc) is 3.03. The minimum atomic E-state index is 0.109. The van der Waals surface area contributed by atoms with Crippen LogP contribution in [0, 0.1) is 0 Å². The van der Waals surface area contributed by atoms with E-state index in [1.165, 1.54) is 16.9 Å². The maximum absolute atomic E-state index is 11.5. The molecule has 4 nitrogen and oxygen atoms in total. The van der Waals surface area contributed by atoms with Crippen LogP contribution in [0.4, 0.5) is 0 Å². The van der Waals surface area contributed by atoms with E-state index >= 15 is 0 Å². The molecule has 2 aromatic heterocycles. The van der Waals surface area contributed by atoms with Crippen molar-refractivity contribution in [1.29, 1.82) is 0 Å². The maximum Gasteiger partial charge on any atom is 0.213 e. The van der Waals surface area contributed by atoms with Crippen LogP contribution in [0.2, 0.25) is 0 Å². The number of aryl methyl sites for hydroxylation is 1. The molecule has 3 rings (SSSR count). The quantitative estimate of drug-likeness (QED) is 0.683. The topological polar surface area (TPSA) is 47.3 Å². The van der Waals surface area contributed by atoms with E-state index in [0.717, 1.165) is 28.2 Å². The van der Waals surface area contributed by atoms with Crippen LogP contribution in [-0.2, 0) is 11.8 Å². The lowest BCUT2D eigenvalue weighted by Crippen LogP contribution is -2.10. The summed E-state index contributed by atoms with van der Waals surface area (Å²) in [4.78, 5) is 16.9. The first-order valence-corrected chi connectivity index (χ1v) is 8.20. The SMILES string of the molecule is CCc1nn2c(C=O)c(-c3ccc(C(C)(C)C)cc3)nc2s1. The minimum Gasteiger partial charge on any atom is -0.296 e. The van der Waals surface area contributed by atoms with Crippen LogP contribution in [0.5, 0.6) is 0 Å². The summed E-state index contributed by atoms with van der Waals surface area (Å²) in [5, 5.41) is 5.43. The van der Waals surface area contributed by atoms with Gasteiger partial charge in [-0.2, -0.15) is 9.61 Å². The third kappa shape index (κ3) is 2.46. The van der Waals surface area contributed by atoms with Crippen molar-refractivity contribution in [3.8, 4) is 11.3 Å². The molecule has 0 atom stereocenters. The zero-order valence-corrected chi connectivity index (χ0v) is 14.1. The molecule has 0 bridgehead atoms. The van der Waals surface area contributed by atoms with Gasteiger partial charge in [0.25, 0.3) is 0 Å². The van der Waals surface area contributed by atoms with Crippen molar-refractivity contribution in [2.75, 3.05) is 0 Å². The number of hydrogen-bond donors (Lipinski definition) is 0. The lowest BCUT2D eigenvalue weighted by Gasteiger charge is -2.18. The van der Waals surface area contributed by atoms with Crippen molar-refractivity contribution in [3.05, 3.63) is 40.5 Å². The Balaban J connectivity index is 2.09. The number of hydrogen-bond acceptors (Lipinski definition) is 4. The summed E-state index contributed by atoms with van der Waals surface area (Å²) < 4.78 is 1.66. The fourth-order valence-corrected chi connectivity index (χ4v) is 3.23. The molecule has 3 aromatic rings. The predicted molar refractivity (Wildman–Crippen MR) is 89.8 cm³/mol. The Morgan fingerprint density at radius 1 is 1.23 bits per heavy atom. The lowest BCUT2D eigenvalue weighted by atomic mass is 9.86. The monoisotopic (exact) mass is 313 g/mol. The molecule has 0 aliphatic carbocycles. The van der Waals surface area contributed by atoms with Crippen LogP contribution in [0.15, 0.2) is 24.3 Å². The third-order valence-electron chi connectivity index (χ3n) is 3.72. The summed E-state index contributed by atoms with van der Waals surface area (Å²) in [6, 6.07) is 8.26. The van der Waals surface area contributed by atoms with Gasteiger partial charge in [0.2, 0.25) is 4.96 Å². The standard InChI is InChI=1S/C17H19N3OS/c1-5-14-19-20-13(10-21)15(18-16(20)22-14)11-6-8-12(9-7-11)17(2,3)4/h6-10H,5H2,1-4H3. The Kier molecular flexibility index (Phi) is 3.60. The van der Waals surface area contributed by atoms with Gasteiger partial charge in [-0.15, -0.1) is 0 Å². The summed E-state index contributed by atoms with van der Waals surface area (Å²) in [6.45, 7) is 8.59. The summed E-state index contributed by atoms with van der Waals surface area (Å²) in [5.41, 5.74) is 3.55. The highest BCUT2D eigenvalue weighted by Gasteiger charge is 2.18. The van der Waals surface area contributed by atoms with Crippen LogP contribution in [0.3, 0.4) is 0 Å². The van der Waals surface area contributed by atoms with Gasteiger partial charge in [-0.1, -0.05) is 63.3 Å². The highest BCUT2D eigenvalue weighted by Crippen LogP contribution is 2.29. The normalized spacial score (nSPS) is 12.0. The number of aromatic nitrogens is 3. The van der Waals surface area contributed by atoms with Crippen LogP contribution in [0.25, 0.3) is 16.2 Å². The van der Waals surface area contributed by atoms with E-state index in [0.29, 0.717) is 11.4 Å². The molecule has 0 amide bonds. The number of carbonyl (C=O) groups is 1. The lowest BCUT2D eigenvalue weighted by molar-refractivity contribution is 0.111. The molecule has 0 spiro atoms. The Bertz CT molecular complexity index is 822. The highest BCUT2D eigenvalue weighted by atomic mass is 32.1. The van der Waals surface area contributed by atoms with Crippen molar-refractivity contribution >= 4 is 22.6 Å². The van der Waals surface area contributed by atoms with Crippen molar-refractivity contribution in [3.63, 3.8) is 0 Å². The predicted octanol–water partition coefficient (Wildman–Crippen LogP) is 4.13. The maximum atomic E-state index is 11.5. The Hall–Kier alpha value is -2.01. The van der Waals surface area contributed by atoms with Crippen LogP contribution < -0.4 is 0 Å². The zero-order valence-electron chi connectivity index (χ0n) is 13.3. The smallest absolute Gasteiger partial charge is 0.213 e. The van der Waals surface area contributed by atoms with Gasteiger partial charge in [-0.3, -0.25) is 4.79 Å². The molecule has 2 heterocycles. The number of nitrogens with zero attached hydrogens (tertiary/aromatic N) is 3. The van der Waals surface area contributed by atoms with E-state index in [1.807, 2.05) is 19.1 Å². The van der Waals surface area contributed by atoms with Gasteiger partial charge in [-0.25, -0.2) is 4.98 Å². The first kappa shape index (κ1) is 14.9. The number of benzene rings is 1. The van der Waals surface area contributed by atoms with Crippen molar-refractivity contribution in [1.82, 2.24) is 14.6 Å². The molecule has 0 saturated heterocycles. The molecular formula is C17H19N3OS. The number of imidazole rings is 1. The van der Waals surface area contributed by atoms with Gasteiger partial charge >= 0.3 is 0 Å². The van der Waals surface area contributed by atoms with E-state index in [9.17, 15) is 4.79 Å². The van der Waals surface area contributed by atoms with Gasteiger partial charge in [-0.05, 0) is 17.4 Å². The molecule has 5 heteroatoms. The first-order chi connectivity index (χ1) is 10.4. The molecular weight excluding hydrogens is 294 g/mol. The van der Waals surface area contributed by atoms with Crippen LogP contribution in [0.1, 0.15) is 48.8 Å². The second-order valence-corrected chi connectivity index (χ2v) is 7.38. The Morgan fingerprint density at radius 2 is 1.91 bits per heavy atom. The molecule has 0 saturated carbocycles. The molecule has 0 N–H and O–H groups in total. The molecule has 0 fully saturated rings. The van der Waals surface area contributed by atoms with Gasteiger partial charge in [0.1, 0.15) is 16.4 Å². The average molecular weight is 313 g/mol. The van der Waals surface area contributed by atoms with E-state index in [2.05, 4.69) is 43.0 Å². The van der Waals surface area contributed by atoms with Gasteiger partial charge in [0.15, 0.2) is 6.29 Å². The Labute approximate surface area is 133 Å². The van der Waals surface area contributed by atoms with E-state index < -0.39 is 0 Å². The van der Waals surface area contributed by atoms with Crippen LogP contribution in [-0.4, -0.2) is 20.9 Å². The van der Waals surface area contributed by atoms with Crippen LogP contribution >= 0.6 is 11.3 Å². The molecule has 0 unspecified atom stereocenters.